The third-order valence-electron chi connectivity index (χ3n) is 5.16. The molecule has 0 aliphatic carbocycles. The molecular weight excluding hydrogens is 314 g/mol. The van der Waals surface area contributed by atoms with Crippen LogP contribution in [0.15, 0.2) is 60.7 Å². The molecule has 4 heteroatoms. The minimum atomic E-state index is -0.967. The number of benzene rings is 2. The minimum Gasteiger partial charge on any atom is -0.446 e. The lowest BCUT2D eigenvalue weighted by atomic mass is 9.70. The average Bonchev–Trinajstić information content (AvgIpc) is 2.84. The van der Waals surface area contributed by atoms with E-state index in [4.69, 9.17) is 4.74 Å². The van der Waals surface area contributed by atoms with Gasteiger partial charge < -0.3 is 9.64 Å². The van der Waals surface area contributed by atoms with E-state index in [-0.39, 0.29) is 17.5 Å². The predicted molar refractivity (Wildman–Crippen MR) is 93.6 cm³/mol. The van der Waals surface area contributed by atoms with Gasteiger partial charge in [0, 0.05) is 16.7 Å². The van der Waals surface area contributed by atoms with Crippen LogP contribution in [0.4, 0.5) is 0 Å². The van der Waals surface area contributed by atoms with Crippen LogP contribution in [-0.4, -0.2) is 28.4 Å². The molecule has 2 saturated heterocycles. The van der Waals surface area contributed by atoms with Crippen LogP contribution in [0, 0.1) is 5.92 Å². The summed E-state index contributed by atoms with van der Waals surface area (Å²) in [6, 6.07) is 19.1. The molecule has 0 unspecified atom stereocenters. The number of likely N-dealkylation sites (tertiary alicyclic amines) is 1. The van der Waals surface area contributed by atoms with Gasteiger partial charge in [-0.3, -0.25) is 9.59 Å². The van der Waals surface area contributed by atoms with Crippen molar-refractivity contribution < 1.29 is 14.3 Å². The lowest BCUT2D eigenvalue weighted by Crippen LogP contribution is -2.71. The van der Waals surface area contributed by atoms with E-state index in [1.54, 1.807) is 0 Å². The van der Waals surface area contributed by atoms with Gasteiger partial charge in [0.25, 0.3) is 0 Å². The fourth-order valence-corrected chi connectivity index (χ4v) is 4.16. The van der Waals surface area contributed by atoms with E-state index in [1.165, 1.54) is 0 Å². The number of esters is 1. The molecule has 128 valence electrons. The van der Waals surface area contributed by atoms with Gasteiger partial charge in [-0.25, -0.2) is 0 Å². The van der Waals surface area contributed by atoms with Crippen LogP contribution in [0.25, 0.3) is 0 Å². The molecule has 2 heterocycles. The normalized spacial score (nSPS) is 24.5. The highest BCUT2D eigenvalue weighted by molar-refractivity contribution is 6.06. The molecule has 0 bridgehead atoms. The molecule has 2 aliphatic heterocycles. The molecule has 2 aromatic rings. The maximum Gasteiger partial charge on any atom is 0.322 e. The highest BCUT2D eigenvalue weighted by Gasteiger charge is 2.71. The van der Waals surface area contributed by atoms with Gasteiger partial charge in [0.15, 0.2) is 11.5 Å². The van der Waals surface area contributed by atoms with Gasteiger partial charge in [0.2, 0.25) is 5.91 Å². The number of ether oxygens (including phenoxy) is 1. The number of hydrogen-bond acceptors (Lipinski definition) is 3. The van der Waals surface area contributed by atoms with Crippen molar-refractivity contribution in [3.05, 3.63) is 71.8 Å². The minimum absolute atomic E-state index is 0.142. The number of rotatable bonds is 2. The summed E-state index contributed by atoms with van der Waals surface area (Å²) in [6.45, 7) is 5.97. The van der Waals surface area contributed by atoms with Gasteiger partial charge in [-0.15, -0.1) is 0 Å². The van der Waals surface area contributed by atoms with E-state index in [0.717, 1.165) is 11.1 Å². The first-order valence-corrected chi connectivity index (χ1v) is 8.54. The zero-order valence-corrected chi connectivity index (χ0v) is 14.6. The molecule has 0 aromatic heterocycles. The van der Waals surface area contributed by atoms with Crippen LogP contribution in [-0.2, 0) is 19.9 Å². The molecule has 1 amide bonds. The maximum atomic E-state index is 12.7. The number of carbonyl (C=O) groups is 2. The van der Waals surface area contributed by atoms with Crippen LogP contribution < -0.4 is 0 Å². The number of carbonyl (C=O) groups excluding carboxylic acids is 2. The lowest BCUT2D eigenvalue weighted by Gasteiger charge is -2.54. The van der Waals surface area contributed by atoms with Crippen molar-refractivity contribution in [2.24, 2.45) is 5.92 Å². The molecule has 0 radical (unpaired) electrons. The number of cyclic esters (lactones) is 1. The SMILES string of the molecule is CC(C)(C)N1C(=O)[C@H]2C(=O)OC(c3ccccc3)(c3ccccc3)[C@H]21. The van der Waals surface area contributed by atoms with Gasteiger partial charge in [-0.05, 0) is 20.8 Å². The summed E-state index contributed by atoms with van der Waals surface area (Å²) in [6.07, 6.45) is 0. The summed E-state index contributed by atoms with van der Waals surface area (Å²) in [4.78, 5) is 27.1. The Kier molecular flexibility index (Phi) is 3.29. The monoisotopic (exact) mass is 335 g/mol. The van der Waals surface area contributed by atoms with Crippen LogP contribution in [0.3, 0.4) is 0 Å². The largest absolute Gasteiger partial charge is 0.446 e. The van der Waals surface area contributed by atoms with Crippen molar-refractivity contribution in [2.75, 3.05) is 0 Å². The molecule has 2 aromatic carbocycles. The fraction of sp³-hybridized carbons (Fsp3) is 0.333. The van der Waals surface area contributed by atoms with E-state index in [9.17, 15) is 9.59 Å². The zero-order chi connectivity index (χ0) is 17.8. The van der Waals surface area contributed by atoms with Gasteiger partial charge >= 0.3 is 5.97 Å². The highest BCUT2D eigenvalue weighted by atomic mass is 16.6. The Labute approximate surface area is 147 Å². The molecule has 4 rings (SSSR count). The lowest BCUT2D eigenvalue weighted by molar-refractivity contribution is -0.167. The zero-order valence-electron chi connectivity index (χ0n) is 14.6. The molecule has 2 fully saturated rings. The third kappa shape index (κ3) is 2.06. The summed E-state index contributed by atoms with van der Waals surface area (Å²) in [5, 5.41) is 0. The molecule has 4 nitrogen and oxygen atoms in total. The van der Waals surface area contributed by atoms with Crippen LogP contribution in [0.1, 0.15) is 31.9 Å². The van der Waals surface area contributed by atoms with E-state index < -0.39 is 17.5 Å². The molecule has 0 saturated carbocycles. The highest BCUT2D eigenvalue weighted by Crippen LogP contribution is 2.54. The van der Waals surface area contributed by atoms with E-state index >= 15 is 0 Å². The van der Waals surface area contributed by atoms with Gasteiger partial charge in [0.05, 0.1) is 0 Å². The number of amides is 1. The second-order valence-electron chi connectivity index (χ2n) is 7.69. The van der Waals surface area contributed by atoms with E-state index in [1.807, 2.05) is 86.3 Å². The summed E-state index contributed by atoms with van der Waals surface area (Å²) in [5.41, 5.74) is 0.430. The van der Waals surface area contributed by atoms with Crippen molar-refractivity contribution >= 4 is 11.9 Å². The van der Waals surface area contributed by atoms with Crippen molar-refractivity contribution in [3.8, 4) is 0 Å². The summed E-state index contributed by atoms with van der Waals surface area (Å²) in [5.74, 6) is -1.29. The van der Waals surface area contributed by atoms with Crippen LogP contribution in [0.5, 0.6) is 0 Å². The second-order valence-corrected chi connectivity index (χ2v) is 7.69. The average molecular weight is 335 g/mol. The molecule has 0 spiro atoms. The molecule has 25 heavy (non-hydrogen) atoms. The Hall–Kier alpha value is -2.62. The molecule has 0 N–H and O–H groups in total. The van der Waals surface area contributed by atoms with E-state index in [2.05, 4.69) is 0 Å². The first kappa shape index (κ1) is 15.9. The first-order valence-electron chi connectivity index (χ1n) is 8.54. The smallest absolute Gasteiger partial charge is 0.322 e. The van der Waals surface area contributed by atoms with Crippen LogP contribution >= 0.6 is 0 Å². The Morgan fingerprint density at radius 1 is 0.880 bits per heavy atom. The molecular formula is C21H21NO3. The third-order valence-corrected chi connectivity index (χ3v) is 5.16. The van der Waals surface area contributed by atoms with Crippen molar-refractivity contribution in [3.63, 3.8) is 0 Å². The quantitative estimate of drug-likeness (QED) is 0.481. The standard InChI is InChI=1S/C21H21NO3/c1-20(2,3)22-17-16(18(22)23)19(24)25-21(17,14-10-6-4-7-11-14)15-12-8-5-9-13-15/h4-13,16-17H,1-3H3/t16-,17-/m0/s1. The van der Waals surface area contributed by atoms with Crippen molar-refractivity contribution in [1.29, 1.82) is 0 Å². The topological polar surface area (TPSA) is 46.6 Å². The number of hydrogen-bond donors (Lipinski definition) is 0. The summed E-state index contributed by atoms with van der Waals surface area (Å²) < 4.78 is 6.00. The molecule has 2 atom stereocenters. The number of nitrogens with zero attached hydrogens (tertiary/aromatic N) is 1. The maximum absolute atomic E-state index is 12.7. The van der Waals surface area contributed by atoms with Crippen LogP contribution in [0.2, 0.25) is 0 Å². The fourth-order valence-electron chi connectivity index (χ4n) is 4.16. The summed E-state index contributed by atoms with van der Waals surface area (Å²) in [7, 11) is 0. The summed E-state index contributed by atoms with van der Waals surface area (Å²) >= 11 is 0. The molecule has 2 aliphatic rings. The van der Waals surface area contributed by atoms with Gasteiger partial charge in [-0.1, -0.05) is 60.7 Å². The Morgan fingerprint density at radius 2 is 1.36 bits per heavy atom. The van der Waals surface area contributed by atoms with Gasteiger partial charge in [0.1, 0.15) is 6.04 Å². The van der Waals surface area contributed by atoms with Crippen molar-refractivity contribution in [2.45, 2.75) is 38.0 Å². The number of β-lactam (4-membered cyclic amide) rings is 1. The predicted octanol–water partition coefficient (Wildman–Crippen LogP) is 3.11. The first-order chi connectivity index (χ1) is 11.9. The van der Waals surface area contributed by atoms with Gasteiger partial charge in [-0.2, -0.15) is 0 Å². The Bertz CT molecular complexity index is 784. The van der Waals surface area contributed by atoms with E-state index in [0.29, 0.717) is 0 Å². The Balaban J connectivity index is 1.96. The number of fused-ring (bicyclic) bond motifs is 1. The second kappa shape index (κ2) is 5.19. The van der Waals surface area contributed by atoms with Crippen molar-refractivity contribution in [1.82, 2.24) is 4.90 Å². The Morgan fingerprint density at radius 3 is 1.80 bits per heavy atom.